The van der Waals surface area contributed by atoms with Gasteiger partial charge in [-0.1, -0.05) is 13.8 Å². The van der Waals surface area contributed by atoms with Gasteiger partial charge >= 0.3 is 0 Å². The smallest absolute Gasteiger partial charge is 0.0644 e. The van der Waals surface area contributed by atoms with Crippen LogP contribution in [0.25, 0.3) is 0 Å². The Balaban J connectivity index is 2.03. The van der Waals surface area contributed by atoms with E-state index in [1.807, 2.05) is 4.68 Å². The Bertz CT molecular complexity index is 420. The Morgan fingerprint density at radius 3 is 2.93 bits per heavy atom. The van der Waals surface area contributed by atoms with Crippen molar-refractivity contribution in [3.05, 3.63) is 17.0 Å². The lowest BCUT2D eigenvalue weighted by Crippen LogP contribution is -2.10. The second kappa shape index (κ2) is 2.64. The van der Waals surface area contributed by atoms with Gasteiger partial charge in [-0.05, 0) is 30.6 Å². The van der Waals surface area contributed by atoms with E-state index in [9.17, 15) is 0 Å². The van der Waals surface area contributed by atoms with E-state index in [0.29, 0.717) is 12.0 Å². The van der Waals surface area contributed by atoms with Crippen LogP contribution in [-0.4, -0.2) is 21.5 Å². The van der Waals surface area contributed by atoms with Gasteiger partial charge in [0.05, 0.1) is 18.8 Å². The van der Waals surface area contributed by atoms with E-state index in [1.165, 1.54) is 17.0 Å². The first-order chi connectivity index (χ1) is 7.07. The molecule has 2 aliphatic carbocycles. The van der Waals surface area contributed by atoms with Gasteiger partial charge in [0.15, 0.2) is 0 Å². The molecule has 2 aliphatic rings. The molecule has 2 atom stereocenters. The molecule has 82 valence electrons. The zero-order valence-electron chi connectivity index (χ0n) is 9.62. The van der Waals surface area contributed by atoms with Crippen molar-refractivity contribution >= 4 is 0 Å². The lowest BCUT2D eigenvalue weighted by atomic mass is 9.98. The zero-order valence-corrected chi connectivity index (χ0v) is 9.62. The quantitative estimate of drug-likeness (QED) is 0.796. The van der Waals surface area contributed by atoms with Gasteiger partial charge in [0.2, 0.25) is 0 Å². The molecule has 0 aliphatic heterocycles. The van der Waals surface area contributed by atoms with Crippen LogP contribution in [0, 0.1) is 18.3 Å². The summed E-state index contributed by atoms with van der Waals surface area (Å²) in [7, 11) is 0. The fraction of sp³-hybridized carbons (Fsp3) is 0.750. The summed E-state index contributed by atoms with van der Waals surface area (Å²) in [5.41, 5.74) is 4.54. The molecule has 15 heavy (non-hydrogen) atoms. The third-order valence-corrected chi connectivity index (χ3v) is 4.37. The van der Waals surface area contributed by atoms with E-state index >= 15 is 0 Å². The number of hydrogen-bond donors (Lipinski definition) is 1. The van der Waals surface area contributed by atoms with Crippen LogP contribution in [0.2, 0.25) is 0 Å². The molecule has 0 radical (unpaired) electrons. The molecule has 1 saturated carbocycles. The van der Waals surface area contributed by atoms with Crippen molar-refractivity contribution in [3.63, 3.8) is 0 Å². The minimum Gasteiger partial charge on any atom is -0.394 e. The lowest BCUT2D eigenvalue weighted by molar-refractivity contribution is 0.266. The summed E-state index contributed by atoms with van der Waals surface area (Å²) in [6.45, 7) is 7.65. The van der Waals surface area contributed by atoms with Gasteiger partial charge in [-0.2, -0.15) is 5.10 Å². The zero-order chi connectivity index (χ0) is 10.8. The van der Waals surface area contributed by atoms with Crippen LogP contribution >= 0.6 is 0 Å². The van der Waals surface area contributed by atoms with Crippen molar-refractivity contribution < 1.29 is 5.11 Å². The van der Waals surface area contributed by atoms with Crippen LogP contribution in [0.3, 0.4) is 0 Å². The highest BCUT2D eigenvalue weighted by Gasteiger charge is 2.63. The highest BCUT2D eigenvalue weighted by Crippen LogP contribution is 2.70. The van der Waals surface area contributed by atoms with Gasteiger partial charge < -0.3 is 5.11 Å². The van der Waals surface area contributed by atoms with E-state index in [1.54, 1.807) is 0 Å². The molecule has 0 bridgehead atoms. The Kier molecular flexibility index (Phi) is 1.66. The van der Waals surface area contributed by atoms with E-state index in [4.69, 9.17) is 5.11 Å². The summed E-state index contributed by atoms with van der Waals surface area (Å²) in [6.07, 6.45) is 1.16. The molecule has 0 aromatic carbocycles. The first kappa shape index (κ1) is 9.40. The molecular weight excluding hydrogens is 188 g/mol. The summed E-state index contributed by atoms with van der Waals surface area (Å²) in [4.78, 5) is 0. The second-order valence-corrected chi connectivity index (χ2v) is 5.50. The van der Waals surface area contributed by atoms with Crippen molar-refractivity contribution in [1.29, 1.82) is 0 Å². The number of nitrogens with zero attached hydrogens (tertiary/aromatic N) is 2. The summed E-state index contributed by atoms with van der Waals surface area (Å²) >= 11 is 0. The number of hydrogen-bond acceptors (Lipinski definition) is 2. The molecule has 1 fully saturated rings. The molecule has 0 saturated heterocycles. The molecular formula is C12H18N2O. The van der Waals surface area contributed by atoms with E-state index in [0.717, 1.165) is 18.3 Å². The predicted octanol–water partition coefficient (Wildman–Crippen LogP) is 1.48. The van der Waals surface area contributed by atoms with Gasteiger partial charge in [-0.15, -0.1) is 0 Å². The molecule has 1 N–H and O–H groups in total. The molecule has 3 rings (SSSR count). The fourth-order valence-corrected chi connectivity index (χ4v) is 3.45. The summed E-state index contributed by atoms with van der Waals surface area (Å²) < 4.78 is 2.01. The predicted molar refractivity (Wildman–Crippen MR) is 57.8 cm³/mol. The highest BCUT2D eigenvalue weighted by atomic mass is 16.3. The number of rotatable bonds is 2. The summed E-state index contributed by atoms with van der Waals surface area (Å²) in [6, 6.07) is 0. The molecule has 1 aromatic heterocycles. The molecule has 1 aromatic rings. The van der Waals surface area contributed by atoms with E-state index < -0.39 is 0 Å². The topological polar surface area (TPSA) is 38.0 Å². The highest BCUT2D eigenvalue weighted by molar-refractivity contribution is 5.45. The Hall–Kier alpha value is -0.830. The SMILES string of the molecule is Cc1nn(CCO)c2c1[C@H]1[C@@H](C2)C1(C)C. The molecule has 0 amide bonds. The van der Waals surface area contributed by atoms with Gasteiger partial charge in [-0.3, -0.25) is 4.68 Å². The number of aliphatic hydroxyl groups excluding tert-OH is 1. The van der Waals surface area contributed by atoms with Crippen LogP contribution in [-0.2, 0) is 13.0 Å². The number of aliphatic hydroxyl groups is 1. The molecule has 3 nitrogen and oxygen atoms in total. The average molecular weight is 206 g/mol. The van der Waals surface area contributed by atoms with Crippen molar-refractivity contribution in [2.45, 2.75) is 39.7 Å². The normalized spacial score (nSPS) is 30.1. The number of aromatic nitrogens is 2. The standard InChI is InChI=1S/C12H18N2O/c1-7-10-9(14(13-7)4-5-15)6-8-11(10)12(8,2)3/h8,11,15H,4-6H2,1-3H3/t8-,11-/m1/s1. The first-order valence-corrected chi connectivity index (χ1v) is 5.74. The third kappa shape index (κ3) is 1.02. The van der Waals surface area contributed by atoms with Gasteiger partial charge in [0.1, 0.15) is 0 Å². The van der Waals surface area contributed by atoms with Crippen molar-refractivity contribution in [3.8, 4) is 0 Å². The van der Waals surface area contributed by atoms with Crippen LogP contribution in [0.15, 0.2) is 0 Å². The first-order valence-electron chi connectivity index (χ1n) is 5.74. The van der Waals surface area contributed by atoms with Gasteiger partial charge in [0.25, 0.3) is 0 Å². The van der Waals surface area contributed by atoms with Crippen LogP contribution in [0.1, 0.15) is 36.7 Å². The summed E-state index contributed by atoms with van der Waals surface area (Å²) in [5.74, 6) is 1.56. The van der Waals surface area contributed by atoms with Crippen molar-refractivity contribution in [2.75, 3.05) is 6.61 Å². The molecule has 0 unspecified atom stereocenters. The van der Waals surface area contributed by atoms with Crippen molar-refractivity contribution in [1.82, 2.24) is 9.78 Å². The van der Waals surface area contributed by atoms with Crippen molar-refractivity contribution in [2.24, 2.45) is 11.3 Å². The van der Waals surface area contributed by atoms with E-state index in [-0.39, 0.29) is 6.61 Å². The molecule has 0 spiro atoms. The van der Waals surface area contributed by atoms with Crippen LogP contribution in [0.5, 0.6) is 0 Å². The Labute approximate surface area is 90.1 Å². The Morgan fingerprint density at radius 2 is 2.27 bits per heavy atom. The summed E-state index contributed by atoms with van der Waals surface area (Å²) in [5, 5.41) is 13.5. The average Bonchev–Trinajstić information content (AvgIpc) is 2.54. The fourth-order valence-electron chi connectivity index (χ4n) is 3.45. The minimum atomic E-state index is 0.187. The molecule has 3 heteroatoms. The number of aryl methyl sites for hydroxylation is 1. The van der Waals surface area contributed by atoms with Gasteiger partial charge in [0, 0.05) is 11.3 Å². The lowest BCUT2D eigenvalue weighted by Gasteiger charge is -2.10. The maximum Gasteiger partial charge on any atom is 0.0644 e. The largest absolute Gasteiger partial charge is 0.394 e. The van der Waals surface area contributed by atoms with Crippen LogP contribution < -0.4 is 0 Å². The Morgan fingerprint density at radius 1 is 1.53 bits per heavy atom. The monoisotopic (exact) mass is 206 g/mol. The minimum absolute atomic E-state index is 0.187. The third-order valence-electron chi connectivity index (χ3n) is 4.37. The number of fused-ring (bicyclic) bond motifs is 3. The van der Waals surface area contributed by atoms with E-state index in [2.05, 4.69) is 25.9 Å². The second-order valence-electron chi connectivity index (χ2n) is 5.50. The maximum absolute atomic E-state index is 8.98. The van der Waals surface area contributed by atoms with Gasteiger partial charge in [-0.25, -0.2) is 0 Å². The van der Waals surface area contributed by atoms with Crippen LogP contribution in [0.4, 0.5) is 0 Å². The maximum atomic E-state index is 8.98. The molecule has 1 heterocycles.